The van der Waals surface area contributed by atoms with Gasteiger partial charge in [-0.05, 0) is 31.4 Å². The van der Waals surface area contributed by atoms with Crippen molar-refractivity contribution >= 4 is 12.0 Å². The zero-order valence-corrected chi connectivity index (χ0v) is 16.1. The Morgan fingerprint density at radius 1 is 1.28 bits per heavy atom. The molecule has 0 amide bonds. The molecule has 7 nitrogen and oxygen atoms in total. The number of carbonyl (C=O) groups excluding carboxylic acids is 1. The highest BCUT2D eigenvalue weighted by Crippen LogP contribution is 2.41. The number of aromatic nitrogens is 3. The third-order valence-electron chi connectivity index (χ3n) is 5.81. The molecule has 0 N–H and O–H groups in total. The van der Waals surface area contributed by atoms with Gasteiger partial charge in [0.1, 0.15) is 0 Å². The number of likely N-dealkylation sites (tertiary alicyclic amines) is 1. The molecule has 0 spiro atoms. The largest absolute Gasteiger partial charge is 0.368 e. The summed E-state index contributed by atoms with van der Waals surface area (Å²) in [6.07, 6.45) is 8.03. The monoisotopic (exact) mass is 400 g/mol. The van der Waals surface area contributed by atoms with Gasteiger partial charge in [0.25, 0.3) is 5.92 Å². The van der Waals surface area contributed by atoms with Gasteiger partial charge < -0.3 is 9.69 Å². The van der Waals surface area contributed by atoms with Crippen LogP contribution in [-0.2, 0) is 4.79 Å². The molecule has 2 aliphatic rings. The lowest BCUT2D eigenvalue weighted by Gasteiger charge is -2.41. The summed E-state index contributed by atoms with van der Waals surface area (Å²) in [6.45, 7) is 2.66. The number of aldehydes is 1. The number of nitrogens with zero attached hydrogens (tertiary/aromatic N) is 6. The Hall–Kier alpha value is -2.86. The number of alkyl halides is 2. The SMILES string of the molecule is Cc1cnn(-c2ccncc2N2CCC(N3CC(F)(F)C[C@@]3(C#N)C=O)CC2)c1. The van der Waals surface area contributed by atoms with Crippen LogP contribution in [0.1, 0.15) is 24.8 Å². The second kappa shape index (κ2) is 7.19. The van der Waals surface area contributed by atoms with Gasteiger partial charge in [0.05, 0.1) is 42.8 Å². The highest BCUT2D eigenvalue weighted by molar-refractivity contribution is 5.70. The summed E-state index contributed by atoms with van der Waals surface area (Å²) >= 11 is 0. The molecule has 0 radical (unpaired) electrons. The molecular weight excluding hydrogens is 378 g/mol. The van der Waals surface area contributed by atoms with E-state index in [9.17, 15) is 18.8 Å². The lowest BCUT2D eigenvalue weighted by Crippen LogP contribution is -2.53. The van der Waals surface area contributed by atoms with E-state index in [-0.39, 0.29) is 6.04 Å². The van der Waals surface area contributed by atoms with Crippen LogP contribution in [0, 0.1) is 18.3 Å². The van der Waals surface area contributed by atoms with Crippen LogP contribution in [0.2, 0.25) is 0 Å². The van der Waals surface area contributed by atoms with Gasteiger partial charge >= 0.3 is 0 Å². The van der Waals surface area contributed by atoms with Crippen LogP contribution in [0.15, 0.2) is 30.9 Å². The normalized spacial score (nSPS) is 25.1. The van der Waals surface area contributed by atoms with Crippen molar-refractivity contribution in [2.75, 3.05) is 24.5 Å². The summed E-state index contributed by atoms with van der Waals surface area (Å²) in [5.41, 5.74) is 1.13. The number of anilines is 1. The average molecular weight is 400 g/mol. The summed E-state index contributed by atoms with van der Waals surface area (Å²) in [7, 11) is 0. The van der Waals surface area contributed by atoms with E-state index in [2.05, 4.69) is 15.0 Å². The standard InChI is InChI=1S/C20H22F2N6O/c1-15-8-25-28(10-15)17-2-5-24-9-18(17)26-6-3-16(4-7-26)27-13-20(21,22)11-19(27,12-23)14-29/h2,5,8-10,14,16H,3-4,6-7,11,13H2,1H3/t19-/m1/s1. The van der Waals surface area contributed by atoms with Crippen LogP contribution in [0.25, 0.3) is 5.69 Å². The lowest BCUT2D eigenvalue weighted by atomic mass is 9.94. The number of aryl methyl sites for hydroxylation is 1. The number of pyridine rings is 1. The first-order valence-corrected chi connectivity index (χ1v) is 9.60. The van der Waals surface area contributed by atoms with Crippen LogP contribution in [0.3, 0.4) is 0 Å². The van der Waals surface area contributed by atoms with Gasteiger partial charge in [0.15, 0.2) is 11.8 Å². The van der Waals surface area contributed by atoms with Crippen LogP contribution in [0.5, 0.6) is 0 Å². The summed E-state index contributed by atoms with van der Waals surface area (Å²) < 4.78 is 29.8. The van der Waals surface area contributed by atoms with Crippen LogP contribution in [-0.4, -0.2) is 63.1 Å². The number of hydrogen-bond donors (Lipinski definition) is 0. The molecule has 0 aromatic carbocycles. The van der Waals surface area contributed by atoms with Crippen molar-refractivity contribution in [1.29, 1.82) is 5.26 Å². The molecule has 0 aliphatic carbocycles. The Bertz CT molecular complexity index is 946. The average Bonchev–Trinajstić information content (AvgIpc) is 3.28. The molecule has 9 heteroatoms. The Morgan fingerprint density at radius 3 is 2.66 bits per heavy atom. The zero-order valence-electron chi connectivity index (χ0n) is 16.1. The van der Waals surface area contributed by atoms with E-state index in [1.54, 1.807) is 23.3 Å². The maximum atomic E-state index is 14.0. The van der Waals surface area contributed by atoms with Crippen molar-refractivity contribution in [3.8, 4) is 11.8 Å². The quantitative estimate of drug-likeness (QED) is 0.733. The molecule has 1 atom stereocenters. The maximum Gasteiger partial charge on any atom is 0.263 e. The Kier molecular flexibility index (Phi) is 4.82. The van der Waals surface area contributed by atoms with Crippen molar-refractivity contribution < 1.29 is 13.6 Å². The molecule has 0 bridgehead atoms. The number of piperidine rings is 1. The van der Waals surface area contributed by atoms with Crippen molar-refractivity contribution in [2.45, 2.75) is 43.7 Å². The van der Waals surface area contributed by atoms with Gasteiger partial charge in [-0.25, -0.2) is 13.5 Å². The number of rotatable bonds is 4. The Balaban J connectivity index is 1.53. The van der Waals surface area contributed by atoms with E-state index >= 15 is 0 Å². The fourth-order valence-electron chi connectivity index (χ4n) is 4.42. The van der Waals surface area contributed by atoms with Crippen LogP contribution >= 0.6 is 0 Å². The molecule has 2 aliphatic heterocycles. The molecule has 2 aromatic heterocycles. The second-order valence-electron chi connectivity index (χ2n) is 7.86. The van der Waals surface area contributed by atoms with Gasteiger partial charge in [-0.2, -0.15) is 10.4 Å². The first-order valence-electron chi connectivity index (χ1n) is 9.60. The smallest absolute Gasteiger partial charge is 0.263 e. The fraction of sp³-hybridized carbons (Fsp3) is 0.500. The Morgan fingerprint density at radius 2 is 2.03 bits per heavy atom. The highest BCUT2D eigenvalue weighted by Gasteiger charge is 2.57. The van der Waals surface area contributed by atoms with E-state index in [0.717, 1.165) is 16.9 Å². The first-order chi connectivity index (χ1) is 13.9. The van der Waals surface area contributed by atoms with E-state index in [1.807, 2.05) is 25.3 Å². The lowest BCUT2D eigenvalue weighted by molar-refractivity contribution is -0.115. The highest BCUT2D eigenvalue weighted by atomic mass is 19.3. The molecule has 0 saturated carbocycles. The first kappa shape index (κ1) is 19.5. The minimum absolute atomic E-state index is 0.239. The summed E-state index contributed by atoms with van der Waals surface area (Å²) in [4.78, 5) is 19.4. The number of halogens is 2. The topological polar surface area (TPSA) is 78.1 Å². The van der Waals surface area contributed by atoms with E-state index in [4.69, 9.17) is 0 Å². The molecule has 0 unspecified atom stereocenters. The number of nitriles is 1. The van der Waals surface area contributed by atoms with Crippen LogP contribution in [0.4, 0.5) is 14.5 Å². The summed E-state index contributed by atoms with van der Waals surface area (Å²) in [5, 5.41) is 13.8. The molecule has 2 fully saturated rings. The van der Waals surface area contributed by atoms with Crippen molar-refractivity contribution in [3.05, 3.63) is 36.4 Å². The zero-order chi connectivity index (χ0) is 20.6. The van der Waals surface area contributed by atoms with E-state index in [1.165, 1.54) is 4.90 Å². The summed E-state index contributed by atoms with van der Waals surface area (Å²) in [5.74, 6) is -3.03. The van der Waals surface area contributed by atoms with Gasteiger partial charge in [0.2, 0.25) is 0 Å². The van der Waals surface area contributed by atoms with Gasteiger partial charge in [-0.3, -0.25) is 9.88 Å². The molecule has 4 rings (SSSR count). The predicted octanol–water partition coefficient (Wildman–Crippen LogP) is 2.35. The second-order valence-corrected chi connectivity index (χ2v) is 7.86. The van der Waals surface area contributed by atoms with Crippen molar-refractivity contribution in [2.24, 2.45) is 0 Å². The minimum atomic E-state index is -3.03. The van der Waals surface area contributed by atoms with E-state index in [0.29, 0.717) is 32.2 Å². The fourth-order valence-corrected chi connectivity index (χ4v) is 4.42. The maximum absolute atomic E-state index is 14.0. The molecule has 2 aromatic rings. The minimum Gasteiger partial charge on any atom is -0.368 e. The van der Waals surface area contributed by atoms with Gasteiger partial charge in [-0.1, -0.05) is 0 Å². The predicted molar refractivity (Wildman–Crippen MR) is 102 cm³/mol. The molecule has 29 heavy (non-hydrogen) atoms. The number of carbonyl (C=O) groups is 1. The third kappa shape index (κ3) is 3.49. The number of hydrogen-bond acceptors (Lipinski definition) is 6. The molecule has 152 valence electrons. The molecule has 4 heterocycles. The molecule has 2 saturated heterocycles. The molecular formula is C20H22F2N6O. The van der Waals surface area contributed by atoms with Crippen LogP contribution < -0.4 is 4.90 Å². The van der Waals surface area contributed by atoms with E-state index < -0.39 is 24.4 Å². The Labute approximate surface area is 167 Å². The third-order valence-corrected chi connectivity index (χ3v) is 5.81. The van der Waals surface area contributed by atoms with Gasteiger partial charge in [0, 0.05) is 31.5 Å². The van der Waals surface area contributed by atoms with Gasteiger partial charge in [-0.15, -0.1) is 0 Å². The van der Waals surface area contributed by atoms with Crippen molar-refractivity contribution in [1.82, 2.24) is 19.7 Å². The summed E-state index contributed by atoms with van der Waals surface area (Å²) in [6, 6.07) is 3.50. The van der Waals surface area contributed by atoms with Crippen molar-refractivity contribution in [3.63, 3.8) is 0 Å².